The number of benzene rings is 1. The van der Waals surface area contributed by atoms with E-state index in [9.17, 15) is 4.79 Å². The van der Waals surface area contributed by atoms with Crippen molar-refractivity contribution in [1.82, 2.24) is 4.90 Å². The fourth-order valence-corrected chi connectivity index (χ4v) is 2.01. The smallest absolute Gasteiger partial charge is 0.257 e. The summed E-state index contributed by atoms with van der Waals surface area (Å²) in [7, 11) is 0. The van der Waals surface area contributed by atoms with Gasteiger partial charge in [0.1, 0.15) is 0 Å². The zero-order valence-corrected chi connectivity index (χ0v) is 11.4. The third-order valence-corrected chi connectivity index (χ3v) is 3.02. The monoisotopic (exact) mass is 270 g/mol. The van der Waals surface area contributed by atoms with E-state index in [-0.39, 0.29) is 18.6 Å². The minimum absolute atomic E-state index is 0.0275. The maximum Gasteiger partial charge on any atom is 0.257 e. The van der Waals surface area contributed by atoms with Crippen LogP contribution < -0.4 is 5.73 Å². The molecule has 0 aromatic heterocycles. The lowest BCUT2D eigenvalue weighted by Crippen LogP contribution is -2.38. The Morgan fingerprint density at radius 2 is 2.17 bits per heavy atom. The number of rotatable bonds is 5. The van der Waals surface area contributed by atoms with Crippen LogP contribution in [0.15, 0.2) is 18.2 Å². The van der Waals surface area contributed by atoms with E-state index in [0.29, 0.717) is 29.2 Å². The lowest BCUT2D eigenvalue weighted by molar-refractivity contribution is 0.0694. The standard InChI is InChI=1S/C13H19ClN2O2/c1-9(2)16(7-4-8-17)13(18)12-10(14)5-3-6-11(12)15/h3,5-6,9,17H,4,7-8,15H2,1-2H3. The largest absolute Gasteiger partial charge is 0.398 e. The first-order chi connectivity index (χ1) is 8.49. The topological polar surface area (TPSA) is 66.6 Å². The first-order valence-corrected chi connectivity index (χ1v) is 6.32. The second-order valence-corrected chi connectivity index (χ2v) is 4.78. The van der Waals surface area contributed by atoms with Gasteiger partial charge in [-0.3, -0.25) is 4.79 Å². The molecule has 1 aromatic carbocycles. The third-order valence-electron chi connectivity index (χ3n) is 2.70. The van der Waals surface area contributed by atoms with Crippen LogP contribution in [0.5, 0.6) is 0 Å². The van der Waals surface area contributed by atoms with E-state index in [1.165, 1.54) is 0 Å². The molecule has 18 heavy (non-hydrogen) atoms. The summed E-state index contributed by atoms with van der Waals surface area (Å²) < 4.78 is 0. The molecule has 4 nitrogen and oxygen atoms in total. The summed E-state index contributed by atoms with van der Waals surface area (Å²) >= 11 is 6.03. The number of hydrogen-bond acceptors (Lipinski definition) is 3. The van der Waals surface area contributed by atoms with Gasteiger partial charge >= 0.3 is 0 Å². The Balaban J connectivity index is 3.02. The molecule has 3 N–H and O–H groups in total. The van der Waals surface area contributed by atoms with Crippen LogP contribution in [0.1, 0.15) is 30.6 Å². The summed E-state index contributed by atoms with van der Waals surface area (Å²) in [5.74, 6) is -0.193. The van der Waals surface area contributed by atoms with Crippen molar-refractivity contribution >= 4 is 23.2 Å². The zero-order chi connectivity index (χ0) is 13.7. The first kappa shape index (κ1) is 14.8. The summed E-state index contributed by atoms with van der Waals surface area (Å²) in [6.07, 6.45) is 0.536. The fraction of sp³-hybridized carbons (Fsp3) is 0.462. The Morgan fingerprint density at radius 3 is 2.67 bits per heavy atom. The molecular formula is C13H19ClN2O2. The van der Waals surface area contributed by atoms with Crippen LogP contribution >= 0.6 is 11.6 Å². The van der Waals surface area contributed by atoms with Crippen molar-refractivity contribution < 1.29 is 9.90 Å². The van der Waals surface area contributed by atoms with Crippen LogP contribution in [-0.4, -0.2) is 35.1 Å². The van der Waals surface area contributed by atoms with Gasteiger partial charge in [-0.15, -0.1) is 0 Å². The SMILES string of the molecule is CC(C)N(CCCO)C(=O)c1c(N)cccc1Cl. The van der Waals surface area contributed by atoms with E-state index >= 15 is 0 Å². The molecule has 0 saturated carbocycles. The predicted octanol–water partition coefficient (Wildman–Crippen LogP) is 2.16. The second-order valence-electron chi connectivity index (χ2n) is 4.37. The summed E-state index contributed by atoms with van der Waals surface area (Å²) in [4.78, 5) is 14.1. The number of aliphatic hydroxyl groups excluding tert-OH is 1. The van der Waals surface area contributed by atoms with Crippen LogP contribution in [-0.2, 0) is 0 Å². The minimum Gasteiger partial charge on any atom is -0.398 e. The average molecular weight is 271 g/mol. The quantitative estimate of drug-likeness (QED) is 0.806. The van der Waals surface area contributed by atoms with Crippen molar-refractivity contribution in [2.45, 2.75) is 26.3 Å². The van der Waals surface area contributed by atoms with Gasteiger partial charge in [-0.25, -0.2) is 0 Å². The second kappa shape index (κ2) is 6.61. The number of carbonyl (C=O) groups excluding carboxylic acids is 1. The van der Waals surface area contributed by atoms with E-state index in [2.05, 4.69) is 0 Å². The summed E-state index contributed by atoms with van der Waals surface area (Å²) in [5, 5.41) is 9.23. The molecule has 1 aromatic rings. The van der Waals surface area contributed by atoms with Gasteiger partial charge in [-0.05, 0) is 32.4 Å². The van der Waals surface area contributed by atoms with E-state index in [0.717, 1.165) is 0 Å². The molecule has 100 valence electrons. The van der Waals surface area contributed by atoms with Gasteiger partial charge in [0.15, 0.2) is 0 Å². The van der Waals surface area contributed by atoms with E-state index in [4.69, 9.17) is 22.4 Å². The first-order valence-electron chi connectivity index (χ1n) is 5.94. The number of nitrogen functional groups attached to an aromatic ring is 1. The molecular weight excluding hydrogens is 252 g/mol. The van der Waals surface area contributed by atoms with Gasteiger partial charge in [0.2, 0.25) is 0 Å². The number of anilines is 1. The van der Waals surface area contributed by atoms with Gasteiger partial charge in [0.25, 0.3) is 5.91 Å². The van der Waals surface area contributed by atoms with Crippen molar-refractivity contribution in [2.24, 2.45) is 0 Å². The van der Waals surface area contributed by atoms with Crippen LogP contribution in [0.3, 0.4) is 0 Å². The van der Waals surface area contributed by atoms with Crippen molar-refractivity contribution in [2.75, 3.05) is 18.9 Å². The molecule has 0 unspecified atom stereocenters. The zero-order valence-electron chi connectivity index (χ0n) is 10.7. The molecule has 0 fully saturated rings. The van der Waals surface area contributed by atoms with Gasteiger partial charge in [0.05, 0.1) is 10.6 Å². The molecule has 0 aliphatic carbocycles. The lowest BCUT2D eigenvalue weighted by atomic mass is 10.1. The number of nitrogens with two attached hydrogens (primary N) is 1. The molecule has 0 bridgehead atoms. The van der Waals surface area contributed by atoms with Crippen molar-refractivity contribution in [1.29, 1.82) is 0 Å². The molecule has 0 atom stereocenters. The maximum atomic E-state index is 12.4. The Labute approximate surface area is 112 Å². The molecule has 1 rings (SSSR count). The summed E-state index contributed by atoms with van der Waals surface area (Å²) in [6.45, 7) is 4.37. The summed E-state index contributed by atoms with van der Waals surface area (Å²) in [6, 6.07) is 5.04. The Kier molecular flexibility index (Phi) is 5.44. The van der Waals surface area contributed by atoms with Gasteiger partial charge in [-0.2, -0.15) is 0 Å². The number of halogens is 1. The highest BCUT2D eigenvalue weighted by molar-refractivity contribution is 6.34. The Bertz CT molecular complexity index is 401. The lowest BCUT2D eigenvalue weighted by Gasteiger charge is -2.27. The molecule has 0 radical (unpaired) electrons. The number of nitrogens with zero attached hydrogens (tertiary/aromatic N) is 1. The third kappa shape index (κ3) is 3.37. The molecule has 5 heteroatoms. The van der Waals surface area contributed by atoms with Crippen molar-refractivity contribution in [3.63, 3.8) is 0 Å². The van der Waals surface area contributed by atoms with Crippen LogP contribution in [0.2, 0.25) is 5.02 Å². The minimum atomic E-state index is -0.193. The number of hydrogen-bond donors (Lipinski definition) is 2. The van der Waals surface area contributed by atoms with Gasteiger partial charge in [0, 0.05) is 24.9 Å². The Hall–Kier alpha value is -1.26. The number of carbonyl (C=O) groups is 1. The van der Waals surface area contributed by atoms with Crippen LogP contribution in [0.4, 0.5) is 5.69 Å². The average Bonchev–Trinajstić information content (AvgIpc) is 2.28. The fourth-order valence-electron chi connectivity index (χ4n) is 1.75. The van der Waals surface area contributed by atoms with E-state index in [1.54, 1.807) is 23.1 Å². The van der Waals surface area contributed by atoms with Crippen molar-refractivity contribution in [3.8, 4) is 0 Å². The summed E-state index contributed by atoms with van der Waals surface area (Å²) in [5.41, 5.74) is 6.52. The Morgan fingerprint density at radius 1 is 1.50 bits per heavy atom. The normalized spacial score (nSPS) is 10.7. The maximum absolute atomic E-state index is 12.4. The highest BCUT2D eigenvalue weighted by Crippen LogP contribution is 2.24. The van der Waals surface area contributed by atoms with Crippen LogP contribution in [0, 0.1) is 0 Å². The highest BCUT2D eigenvalue weighted by atomic mass is 35.5. The van der Waals surface area contributed by atoms with Crippen LogP contribution in [0.25, 0.3) is 0 Å². The molecule has 0 spiro atoms. The molecule has 1 amide bonds. The van der Waals surface area contributed by atoms with Gasteiger partial charge < -0.3 is 15.7 Å². The number of aliphatic hydroxyl groups is 1. The van der Waals surface area contributed by atoms with Gasteiger partial charge in [-0.1, -0.05) is 17.7 Å². The van der Waals surface area contributed by atoms with E-state index in [1.807, 2.05) is 13.8 Å². The highest BCUT2D eigenvalue weighted by Gasteiger charge is 2.22. The number of amides is 1. The van der Waals surface area contributed by atoms with E-state index < -0.39 is 0 Å². The molecule has 0 saturated heterocycles. The molecule has 0 aliphatic heterocycles. The predicted molar refractivity (Wildman–Crippen MR) is 73.7 cm³/mol. The van der Waals surface area contributed by atoms with Crippen molar-refractivity contribution in [3.05, 3.63) is 28.8 Å². The molecule has 0 heterocycles. The molecule has 0 aliphatic rings.